The molecule has 0 radical (unpaired) electrons. The van der Waals surface area contributed by atoms with Gasteiger partial charge in [0.25, 0.3) is 0 Å². The molecule has 5 nitrogen and oxygen atoms in total. The van der Waals surface area contributed by atoms with Gasteiger partial charge >= 0.3 is 5.63 Å². The summed E-state index contributed by atoms with van der Waals surface area (Å²) in [4.78, 5) is 17.2. The number of hydrogen-bond donors (Lipinski definition) is 1. The summed E-state index contributed by atoms with van der Waals surface area (Å²) in [6, 6.07) is 15.7. The standard InChI is InChI=1S/C23H26N2O3/c1-16(26)22-21(19-8-3-4-9-20(19)23(27)28-22)18-7-5-6-17(14-18)15-25-12-10-24(2)11-13-25/h3-9,14,16,26H,10-13,15H2,1-2H3. The first-order valence-corrected chi connectivity index (χ1v) is 9.77. The van der Waals surface area contributed by atoms with Gasteiger partial charge in [-0.15, -0.1) is 0 Å². The molecule has 0 amide bonds. The number of likely N-dealkylation sites (N-methyl/N-ethyl adjacent to an activating group) is 1. The smallest absolute Gasteiger partial charge is 0.343 e. The molecule has 1 fully saturated rings. The molecule has 28 heavy (non-hydrogen) atoms. The Balaban J connectivity index is 1.77. The van der Waals surface area contributed by atoms with Gasteiger partial charge in [-0.2, -0.15) is 0 Å². The summed E-state index contributed by atoms with van der Waals surface area (Å²) in [7, 11) is 2.16. The minimum absolute atomic E-state index is 0.320. The van der Waals surface area contributed by atoms with Crippen molar-refractivity contribution in [3.8, 4) is 11.1 Å². The van der Waals surface area contributed by atoms with Crippen LogP contribution in [0.3, 0.4) is 0 Å². The van der Waals surface area contributed by atoms with Crippen LogP contribution < -0.4 is 5.63 Å². The maximum Gasteiger partial charge on any atom is 0.343 e. The molecule has 4 rings (SSSR count). The first-order chi connectivity index (χ1) is 13.5. The first kappa shape index (κ1) is 18.9. The highest BCUT2D eigenvalue weighted by atomic mass is 16.4. The third kappa shape index (κ3) is 3.74. The lowest BCUT2D eigenvalue weighted by molar-refractivity contribution is 0.148. The second kappa shape index (κ2) is 7.87. The molecule has 2 heterocycles. The van der Waals surface area contributed by atoms with Gasteiger partial charge in [0, 0.05) is 43.7 Å². The molecule has 1 atom stereocenters. The van der Waals surface area contributed by atoms with Gasteiger partial charge < -0.3 is 14.4 Å². The number of aliphatic hydroxyl groups excluding tert-OH is 1. The zero-order valence-electron chi connectivity index (χ0n) is 16.4. The molecule has 1 N–H and O–H groups in total. The van der Waals surface area contributed by atoms with Crippen molar-refractivity contribution in [1.29, 1.82) is 0 Å². The Kier molecular flexibility index (Phi) is 5.31. The normalized spacial score (nSPS) is 17.1. The van der Waals surface area contributed by atoms with E-state index in [1.54, 1.807) is 13.0 Å². The molecule has 1 aliphatic rings. The highest BCUT2D eigenvalue weighted by molar-refractivity contribution is 5.96. The lowest BCUT2D eigenvalue weighted by atomic mass is 9.95. The summed E-state index contributed by atoms with van der Waals surface area (Å²) >= 11 is 0. The molecule has 1 saturated heterocycles. The van der Waals surface area contributed by atoms with E-state index >= 15 is 0 Å². The number of hydrogen-bond acceptors (Lipinski definition) is 5. The number of fused-ring (bicyclic) bond motifs is 1. The minimum Gasteiger partial charge on any atom is -0.424 e. The van der Waals surface area contributed by atoms with Crippen molar-refractivity contribution in [3.63, 3.8) is 0 Å². The highest BCUT2D eigenvalue weighted by Crippen LogP contribution is 2.34. The van der Waals surface area contributed by atoms with Crippen molar-refractivity contribution in [3.05, 3.63) is 70.3 Å². The Morgan fingerprint density at radius 1 is 1.04 bits per heavy atom. The van der Waals surface area contributed by atoms with E-state index < -0.39 is 11.7 Å². The third-order valence-corrected chi connectivity index (χ3v) is 5.46. The molecule has 3 aromatic rings. The van der Waals surface area contributed by atoms with Crippen LogP contribution in [0.25, 0.3) is 21.9 Å². The molecule has 0 saturated carbocycles. The summed E-state index contributed by atoms with van der Waals surface area (Å²) < 4.78 is 5.52. The maximum absolute atomic E-state index is 12.4. The van der Waals surface area contributed by atoms with Crippen LogP contribution in [0.15, 0.2) is 57.7 Å². The van der Waals surface area contributed by atoms with Crippen molar-refractivity contribution in [2.45, 2.75) is 19.6 Å². The zero-order chi connectivity index (χ0) is 19.7. The topological polar surface area (TPSA) is 56.9 Å². The van der Waals surface area contributed by atoms with Crippen molar-refractivity contribution in [2.24, 2.45) is 0 Å². The van der Waals surface area contributed by atoms with E-state index in [1.807, 2.05) is 30.3 Å². The fraction of sp³-hybridized carbons (Fsp3) is 0.348. The summed E-state index contributed by atoms with van der Waals surface area (Å²) in [6.45, 7) is 6.80. The Morgan fingerprint density at radius 2 is 1.75 bits per heavy atom. The number of aliphatic hydroxyl groups is 1. The van der Waals surface area contributed by atoms with Gasteiger partial charge in [-0.1, -0.05) is 36.4 Å². The van der Waals surface area contributed by atoms with E-state index in [0.717, 1.165) is 49.2 Å². The van der Waals surface area contributed by atoms with Crippen LogP contribution in [0.1, 0.15) is 24.4 Å². The molecular weight excluding hydrogens is 352 g/mol. The Hall–Kier alpha value is -2.47. The maximum atomic E-state index is 12.4. The average Bonchev–Trinajstić information content (AvgIpc) is 2.70. The van der Waals surface area contributed by atoms with E-state index in [2.05, 4.69) is 29.0 Å². The van der Waals surface area contributed by atoms with Gasteiger partial charge in [-0.3, -0.25) is 4.90 Å². The van der Waals surface area contributed by atoms with E-state index in [9.17, 15) is 9.90 Å². The first-order valence-electron chi connectivity index (χ1n) is 9.77. The van der Waals surface area contributed by atoms with Crippen LogP contribution >= 0.6 is 0 Å². The molecule has 1 unspecified atom stereocenters. The molecule has 146 valence electrons. The van der Waals surface area contributed by atoms with Crippen molar-refractivity contribution < 1.29 is 9.52 Å². The van der Waals surface area contributed by atoms with Gasteiger partial charge in [0.1, 0.15) is 11.9 Å². The fourth-order valence-electron chi connectivity index (χ4n) is 3.90. The summed E-state index contributed by atoms with van der Waals surface area (Å²) in [6.07, 6.45) is -0.867. The van der Waals surface area contributed by atoms with E-state index in [4.69, 9.17) is 4.42 Å². The van der Waals surface area contributed by atoms with Crippen molar-refractivity contribution in [2.75, 3.05) is 33.2 Å². The molecule has 0 bridgehead atoms. The predicted octanol–water partition coefficient (Wildman–Crippen LogP) is 3.26. The van der Waals surface area contributed by atoms with Crippen LogP contribution in [-0.2, 0) is 6.54 Å². The monoisotopic (exact) mass is 378 g/mol. The Labute approximate surface area is 164 Å². The number of piperazine rings is 1. The number of nitrogens with zero attached hydrogens (tertiary/aromatic N) is 2. The molecule has 1 aliphatic heterocycles. The van der Waals surface area contributed by atoms with Crippen LogP contribution in [-0.4, -0.2) is 48.1 Å². The minimum atomic E-state index is -0.867. The lowest BCUT2D eigenvalue weighted by Gasteiger charge is -2.32. The number of benzene rings is 2. The molecule has 2 aromatic carbocycles. The lowest BCUT2D eigenvalue weighted by Crippen LogP contribution is -2.43. The zero-order valence-corrected chi connectivity index (χ0v) is 16.4. The van der Waals surface area contributed by atoms with Gasteiger partial charge in [0.15, 0.2) is 0 Å². The SMILES string of the molecule is CC(O)c1oc(=O)c2ccccc2c1-c1cccc(CN2CCN(C)CC2)c1. The largest absolute Gasteiger partial charge is 0.424 e. The highest BCUT2D eigenvalue weighted by Gasteiger charge is 2.20. The van der Waals surface area contributed by atoms with E-state index in [0.29, 0.717) is 11.1 Å². The van der Waals surface area contributed by atoms with E-state index in [-0.39, 0.29) is 0 Å². The molecule has 5 heteroatoms. The van der Waals surface area contributed by atoms with Gasteiger partial charge in [-0.05, 0) is 37.2 Å². The van der Waals surface area contributed by atoms with Gasteiger partial charge in [-0.25, -0.2) is 4.79 Å². The summed E-state index contributed by atoms with van der Waals surface area (Å²) in [5, 5.41) is 11.6. The molecule has 0 aliphatic carbocycles. The second-order valence-electron chi connectivity index (χ2n) is 7.63. The Bertz CT molecular complexity index is 1030. The van der Waals surface area contributed by atoms with Crippen LogP contribution in [0.4, 0.5) is 0 Å². The van der Waals surface area contributed by atoms with Gasteiger partial charge in [0.05, 0.1) is 5.39 Å². The van der Waals surface area contributed by atoms with E-state index in [1.165, 1.54) is 5.56 Å². The predicted molar refractivity (Wildman–Crippen MR) is 111 cm³/mol. The quantitative estimate of drug-likeness (QED) is 0.755. The fourth-order valence-corrected chi connectivity index (χ4v) is 3.90. The number of rotatable bonds is 4. The van der Waals surface area contributed by atoms with Gasteiger partial charge in [0.2, 0.25) is 0 Å². The van der Waals surface area contributed by atoms with Crippen LogP contribution in [0, 0.1) is 0 Å². The molecule has 0 spiro atoms. The van der Waals surface area contributed by atoms with Crippen LogP contribution in [0.2, 0.25) is 0 Å². The molecular formula is C23H26N2O3. The second-order valence-corrected chi connectivity index (χ2v) is 7.63. The Morgan fingerprint density at radius 3 is 2.46 bits per heavy atom. The van der Waals surface area contributed by atoms with Crippen molar-refractivity contribution in [1.82, 2.24) is 9.80 Å². The average molecular weight is 378 g/mol. The summed E-state index contributed by atoms with van der Waals surface area (Å²) in [5.41, 5.74) is 2.56. The summed E-state index contributed by atoms with van der Waals surface area (Å²) in [5.74, 6) is 0.320. The van der Waals surface area contributed by atoms with Crippen molar-refractivity contribution >= 4 is 10.8 Å². The third-order valence-electron chi connectivity index (χ3n) is 5.46. The van der Waals surface area contributed by atoms with Crippen LogP contribution in [0.5, 0.6) is 0 Å². The molecule has 1 aromatic heterocycles.